The topological polar surface area (TPSA) is 259 Å². The summed E-state index contributed by atoms with van der Waals surface area (Å²) >= 11 is 0. The zero-order valence-corrected chi connectivity index (χ0v) is 49.4. The summed E-state index contributed by atoms with van der Waals surface area (Å²) in [7, 11) is 0. The highest BCUT2D eigenvalue weighted by Gasteiger charge is 2.38. The van der Waals surface area contributed by atoms with Gasteiger partial charge in [0.1, 0.15) is 61.3 Å². The van der Waals surface area contributed by atoms with Crippen LogP contribution >= 0.6 is 0 Å². The summed E-state index contributed by atoms with van der Waals surface area (Å²) in [5, 5.41) is 0. The lowest BCUT2D eigenvalue weighted by Crippen LogP contribution is -2.54. The van der Waals surface area contributed by atoms with Crippen LogP contribution in [0.15, 0.2) is 50.8 Å². The van der Waals surface area contributed by atoms with E-state index in [1.54, 1.807) is 0 Å². The maximum absolute atomic E-state index is 12.8. The van der Waals surface area contributed by atoms with E-state index >= 15 is 0 Å². The van der Waals surface area contributed by atoms with Crippen molar-refractivity contribution in [2.24, 2.45) is 5.41 Å². The predicted molar refractivity (Wildman–Crippen MR) is 303 cm³/mol. The van der Waals surface area contributed by atoms with E-state index < -0.39 is 17.1 Å². The summed E-state index contributed by atoms with van der Waals surface area (Å²) in [6.07, 6.45) is 9.09. The quantitative estimate of drug-likeness (QED) is 0.0742. The van der Waals surface area contributed by atoms with Crippen LogP contribution in [0.1, 0.15) is 74.6 Å². The molecule has 11 aliphatic heterocycles. The molecule has 2 aromatic carbocycles. The van der Waals surface area contributed by atoms with E-state index in [-0.39, 0.29) is 65.8 Å². The van der Waals surface area contributed by atoms with Crippen LogP contribution < -0.4 is 26.5 Å². The minimum Gasteiger partial charge on any atom is -0.491 e. The molecule has 0 spiro atoms. The number of aromatic nitrogens is 3. The van der Waals surface area contributed by atoms with Gasteiger partial charge in [-0.1, -0.05) is 38.1 Å². The van der Waals surface area contributed by atoms with E-state index in [4.69, 9.17) is 80.5 Å². The fourth-order valence-electron chi connectivity index (χ4n) is 10.2. The molecule has 1 aromatic heterocycles. The molecule has 0 N–H and O–H groups in total. The van der Waals surface area contributed by atoms with Crippen molar-refractivity contribution in [2.75, 3.05) is 139 Å². The molecule has 3 aromatic rings. The molecule has 85 heavy (non-hydrogen) atoms. The number of benzene rings is 2. The average molecular weight is 1190 g/mol. The van der Waals surface area contributed by atoms with E-state index in [1.165, 1.54) is 36.0 Å². The van der Waals surface area contributed by atoms with Crippen LogP contribution in [0, 0.1) is 5.41 Å². The van der Waals surface area contributed by atoms with Gasteiger partial charge in [-0.2, -0.15) is 0 Å². The Balaban J connectivity index is 0.000000127. The summed E-state index contributed by atoms with van der Waals surface area (Å²) in [5.74, 6) is 1.89. The average Bonchev–Trinajstić information content (AvgIpc) is 3.09. The summed E-state index contributed by atoms with van der Waals surface area (Å²) in [6.45, 7) is 19.8. The first-order valence-corrected chi connectivity index (χ1v) is 31.0. The summed E-state index contributed by atoms with van der Waals surface area (Å²) in [5.41, 5.74) is 2.92. The molecule has 0 bridgehead atoms. The molecular weight excluding hydrogens is 1110 g/mol. The third-order valence-corrected chi connectivity index (χ3v) is 16.7. The minimum absolute atomic E-state index is 0.172. The lowest BCUT2D eigenvalue weighted by Gasteiger charge is -2.32. The van der Waals surface area contributed by atoms with Gasteiger partial charge in [-0.05, 0) is 72.9 Å². The molecule has 23 nitrogen and oxygen atoms in total. The smallest absolute Gasteiger partial charge is 0.336 e. The summed E-state index contributed by atoms with van der Waals surface area (Å²) in [6, 6.07) is 13.2. The van der Waals surface area contributed by atoms with Crippen LogP contribution in [-0.4, -0.2) is 220 Å². The van der Waals surface area contributed by atoms with Crippen molar-refractivity contribution in [1.82, 2.24) is 13.7 Å². The number of epoxide rings is 11. The largest absolute Gasteiger partial charge is 0.491 e. The fraction of sp³-hybridized carbons (Fsp3) is 0.758. The van der Waals surface area contributed by atoms with E-state index in [2.05, 4.69) is 50.2 Å². The second-order valence-corrected chi connectivity index (χ2v) is 25.1. The van der Waals surface area contributed by atoms with Gasteiger partial charge < -0.3 is 80.5 Å². The van der Waals surface area contributed by atoms with Crippen molar-refractivity contribution in [3.05, 3.63) is 90.1 Å². The highest BCUT2D eigenvalue weighted by Crippen LogP contribution is 2.39. The van der Waals surface area contributed by atoms with Crippen molar-refractivity contribution in [3.63, 3.8) is 0 Å². The Morgan fingerprint density at radius 2 is 0.659 bits per heavy atom. The lowest BCUT2D eigenvalue weighted by molar-refractivity contribution is -0.111. The van der Waals surface area contributed by atoms with Gasteiger partial charge in [0.15, 0.2) is 0 Å². The summed E-state index contributed by atoms with van der Waals surface area (Å²) in [4.78, 5) is 38.3. The highest BCUT2D eigenvalue weighted by molar-refractivity contribution is 5.48. The van der Waals surface area contributed by atoms with E-state index in [9.17, 15) is 14.4 Å². The molecule has 0 radical (unpaired) electrons. The number of nitrogens with zero attached hydrogens (tertiary/aromatic N) is 3. The molecule has 11 unspecified atom stereocenters. The predicted octanol–water partition coefficient (Wildman–Crippen LogP) is 2.79. The molecular formula is C62H87N3O20. The standard InChI is InChI=1S/C27H32O6.C18H27N3O6.C17H28O8/c1-27(2,19-3-5-25(32-15-23-13-30-23)17(7-19)9-21-11-28-21)20-4-6-26(33-16-24-14-31-24)18(8-20)10-22-12-29-22;22-16-19(7-1-4-13-10-25-13)17(23)21(9-3-6-15-12-27-15)18(24)20(16)8-2-5-14-11-26-14;1(13-5-22-13)18-9-17(10-19-2-14-6-23-14,11-20-3-15-7-24-15)12-21-4-16-8-25-16/h3-8,21-24H,9-16H2,1-2H3;13-15H,1-12H2;13-16H,1-12H2. The molecule has 0 saturated carbocycles. The number of hydrogen-bond donors (Lipinski definition) is 0. The SMILES string of the molecule is C(OCC(COCC1CO1)(COCC1CO1)COCC1CO1)C1CO1.CC(C)(c1ccc(OCC2CO2)c(CC2CO2)c1)c1ccc(OCC2CO2)c(CC2CO2)c1.O=c1n(CCCC2CO2)c(=O)n(CCCC2CO2)c(=O)n1CCCC1CO1. The van der Waals surface area contributed by atoms with Crippen LogP contribution in [0.2, 0.25) is 0 Å². The van der Waals surface area contributed by atoms with Crippen molar-refractivity contribution in [1.29, 1.82) is 0 Å². The number of rotatable bonds is 40. The Labute approximate surface area is 495 Å². The normalized spacial score (nSPS) is 28.8. The molecule has 12 heterocycles. The third kappa shape index (κ3) is 20.2. The van der Waals surface area contributed by atoms with Crippen molar-refractivity contribution in [3.8, 4) is 11.5 Å². The van der Waals surface area contributed by atoms with E-state index in [0.717, 1.165) is 116 Å². The van der Waals surface area contributed by atoms with Crippen LogP contribution in [0.4, 0.5) is 0 Å². The van der Waals surface area contributed by atoms with Crippen molar-refractivity contribution < 1.29 is 80.5 Å². The minimum atomic E-state index is -0.500. The molecule has 23 heteroatoms. The lowest BCUT2D eigenvalue weighted by atomic mass is 9.76. The molecule has 11 fully saturated rings. The van der Waals surface area contributed by atoms with Crippen LogP contribution in [0.25, 0.3) is 0 Å². The second kappa shape index (κ2) is 28.6. The zero-order chi connectivity index (χ0) is 58.2. The molecule has 0 aliphatic carbocycles. The second-order valence-electron chi connectivity index (χ2n) is 25.1. The van der Waals surface area contributed by atoms with Gasteiger partial charge in [0.25, 0.3) is 0 Å². The first kappa shape index (κ1) is 61.1. The molecule has 11 saturated heterocycles. The number of ether oxygens (including phenoxy) is 17. The van der Waals surface area contributed by atoms with Crippen LogP contribution in [-0.2, 0) is 109 Å². The fourth-order valence-corrected chi connectivity index (χ4v) is 10.2. The van der Waals surface area contributed by atoms with Gasteiger partial charge in [0.05, 0.1) is 161 Å². The Bertz CT molecular complexity index is 2520. The Hall–Kier alpha value is -4.15. The van der Waals surface area contributed by atoms with Crippen LogP contribution in [0.5, 0.6) is 11.5 Å². The van der Waals surface area contributed by atoms with Gasteiger partial charge >= 0.3 is 17.1 Å². The van der Waals surface area contributed by atoms with Crippen molar-refractivity contribution >= 4 is 0 Å². The van der Waals surface area contributed by atoms with Gasteiger partial charge in [-0.3, -0.25) is 0 Å². The molecule has 470 valence electrons. The first-order valence-electron chi connectivity index (χ1n) is 31.0. The molecule has 11 atom stereocenters. The van der Waals surface area contributed by atoms with E-state index in [0.29, 0.717) is 117 Å². The maximum Gasteiger partial charge on any atom is 0.336 e. The maximum atomic E-state index is 12.8. The number of hydrogen-bond acceptors (Lipinski definition) is 20. The zero-order valence-electron chi connectivity index (χ0n) is 49.4. The molecule has 14 rings (SSSR count). The first-order chi connectivity index (χ1) is 41.5. The van der Waals surface area contributed by atoms with Crippen molar-refractivity contribution in [2.45, 2.75) is 157 Å². The Morgan fingerprint density at radius 1 is 0.388 bits per heavy atom. The van der Waals surface area contributed by atoms with E-state index in [1.807, 2.05) is 0 Å². The highest BCUT2D eigenvalue weighted by atomic mass is 16.6. The third-order valence-electron chi connectivity index (χ3n) is 16.7. The molecule has 11 aliphatic rings. The van der Waals surface area contributed by atoms with Gasteiger partial charge in [0.2, 0.25) is 0 Å². The summed E-state index contributed by atoms with van der Waals surface area (Å²) < 4.78 is 97.4. The van der Waals surface area contributed by atoms with Crippen LogP contribution in [0.3, 0.4) is 0 Å². The molecule has 0 amide bonds. The Morgan fingerprint density at radius 3 is 0.929 bits per heavy atom. The Kier molecular flexibility index (Phi) is 20.5. The van der Waals surface area contributed by atoms with Gasteiger partial charge in [-0.15, -0.1) is 0 Å². The monoisotopic (exact) mass is 1190 g/mol. The van der Waals surface area contributed by atoms with Gasteiger partial charge in [-0.25, -0.2) is 28.1 Å². The van der Waals surface area contributed by atoms with Gasteiger partial charge in [0, 0.05) is 37.9 Å².